The van der Waals surface area contributed by atoms with Gasteiger partial charge in [-0.25, -0.2) is 17.2 Å². The van der Waals surface area contributed by atoms with Crippen LogP contribution in [0.25, 0.3) is 0 Å². The summed E-state index contributed by atoms with van der Waals surface area (Å²) in [4.78, 5) is 10.1. The average molecular weight is 264 g/mol. The van der Waals surface area contributed by atoms with E-state index < -0.39 is 33.7 Å². The molecule has 0 saturated heterocycles. The van der Waals surface area contributed by atoms with Crippen molar-refractivity contribution >= 4 is 15.8 Å². The third-order valence-electron chi connectivity index (χ3n) is 2.08. The summed E-state index contributed by atoms with van der Waals surface area (Å²) in [7, 11) is -3.45. The highest BCUT2D eigenvalue weighted by Crippen LogP contribution is 2.32. The van der Waals surface area contributed by atoms with Gasteiger partial charge in [0.2, 0.25) is 0 Å². The lowest BCUT2D eigenvalue weighted by Crippen LogP contribution is -2.18. The highest BCUT2D eigenvalue weighted by atomic mass is 32.2. The van der Waals surface area contributed by atoms with Crippen molar-refractivity contribution in [3.63, 3.8) is 0 Å². The Morgan fingerprint density at radius 2 is 1.76 bits per heavy atom. The van der Waals surface area contributed by atoms with Crippen molar-refractivity contribution in [2.45, 2.75) is 17.2 Å². The van der Waals surface area contributed by atoms with Crippen molar-refractivity contribution in [2.75, 3.05) is 6.26 Å². The number of aliphatic carboxylic acids is 1. The maximum absolute atomic E-state index is 13.3. The van der Waals surface area contributed by atoms with Gasteiger partial charge in [-0.05, 0) is 12.1 Å². The summed E-state index contributed by atoms with van der Waals surface area (Å²) in [5, 5.41) is 8.32. The molecular formula is C10H10F2O4S. The van der Waals surface area contributed by atoms with Crippen LogP contribution in [0.1, 0.15) is 12.0 Å². The van der Waals surface area contributed by atoms with E-state index >= 15 is 0 Å². The molecule has 0 aliphatic carbocycles. The summed E-state index contributed by atoms with van der Waals surface area (Å²) in [6, 6.07) is 3.89. The van der Waals surface area contributed by atoms with Crippen molar-refractivity contribution in [1.29, 1.82) is 0 Å². The number of hydrogen-bond acceptors (Lipinski definition) is 3. The molecule has 0 radical (unpaired) electrons. The molecule has 1 aromatic carbocycles. The lowest BCUT2D eigenvalue weighted by Gasteiger charge is -2.14. The number of benzene rings is 1. The van der Waals surface area contributed by atoms with Crippen LogP contribution in [0.2, 0.25) is 0 Å². The number of alkyl halides is 2. The molecule has 17 heavy (non-hydrogen) atoms. The molecule has 0 amide bonds. The van der Waals surface area contributed by atoms with Gasteiger partial charge >= 0.3 is 5.97 Å². The summed E-state index contributed by atoms with van der Waals surface area (Å²) >= 11 is 0. The van der Waals surface area contributed by atoms with Gasteiger partial charge in [0.25, 0.3) is 5.92 Å². The molecule has 0 heterocycles. The van der Waals surface area contributed by atoms with Gasteiger partial charge < -0.3 is 5.11 Å². The number of carbonyl (C=O) groups is 1. The van der Waals surface area contributed by atoms with Gasteiger partial charge in [-0.3, -0.25) is 4.79 Å². The fourth-order valence-corrected chi connectivity index (χ4v) is 1.87. The number of carboxylic acid groups (broad SMARTS) is 1. The molecule has 0 fully saturated rings. The Kier molecular flexibility index (Phi) is 3.51. The predicted octanol–water partition coefficient (Wildman–Crippen LogP) is 1.66. The van der Waals surface area contributed by atoms with Crippen molar-refractivity contribution in [1.82, 2.24) is 0 Å². The zero-order chi connectivity index (χ0) is 13.3. The van der Waals surface area contributed by atoms with Gasteiger partial charge in [0.1, 0.15) is 6.42 Å². The minimum absolute atomic E-state index is 0.0904. The van der Waals surface area contributed by atoms with E-state index in [9.17, 15) is 22.0 Å². The number of sulfone groups is 1. The maximum Gasteiger partial charge on any atom is 0.309 e. The summed E-state index contributed by atoms with van der Waals surface area (Å²) < 4.78 is 48.8. The van der Waals surface area contributed by atoms with Crippen molar-refractivity contribution in [3.05, 3.63) is 29.8 Å². The van der Waals surface area contributed by atoms with Crippen LogP contribution < -0.4 is 0 Å². The zero-order valence-corrected chi connectivity index (χ0v) is 9.67. The molecule has 0 unspecified atom stereocenters. The molecule has 4 nitrogen and oxygen atoms in total. The Bertz CT molecular complexity index is 520. The standard InChI is InChI=1S/C10H10F2O4S/c1-17(15,16)8-4-2-7(3-5-8)10(11,12)6-9(13)14/h2-5H,6H2,1H3,(H,13,14). The van der Waals surface area contributed by atoms with Gasteiger partial charge in [0, 0.05) is 11.8 Å². The smallest absolute Gasteiger partial charge is 0.309 e. The average Bonchev–Trinajstić information content (AvgIpc) is 2.14. The van der Waals surface area contributed by atoms with Crippen LogP contribution >= 0.6 is 0 Å². The molecule has 1 N–H and O–H groups in total. The topological polar surface area (TPSA) is 71.4 Å². The minimum Gasteiger partial charge on any atom is -0.481 e. The van der Waals surface area contributed by atoms with Gasteiger partial charge in [0.15, 0.2) is 9.84 Å². The monoisotopic (exact) mass is 264 g/mol. The first kappa shape index (κ1) is 13.6. The van der Waals surface area contributed by atoms with E-state index in [4.69, 9.17) is 5.11 Å². The third-order valence-corrected chi connectivity index (χ3v) is 3.21. The molecule has 1 aromatic rings. The Labute approximate surface area is 96.8 Å². The summed E-state index contributed by atoms with van der Waals surface area (Å²) in [6.07, 6.45) is -0.372. The molecular weight excluding hydrogens is 254 g/mol. The number of carboxylic acids is 1. The first-order valence-electron chi connectivity index (χ1n) is 4.53. The molecule has 0 aromatic heterocycles. The predicted molar refractivity (Wildman–Crippen MR) is 55.7 cm³/mol. The molecule has 0 atom stereocenters. The Morgan fingerprint density at radius 1 is 1.29 bits per heavy atom. The van der Waals surface area contributed by atoms with Crippen LogP contribution in [0.15, 0.2) is 29.2 Å². The molecule has 94 valence electrons. The van der Waals surface area contributed by atoms with Crippen LogP contribution in [0.3, 0.4) is 0 Å². The summed E-state index contributed by atoms with van der Waals surface area (Å²) in [6.45, 7) is 0. The second-order valence-electron chi connectivity index (χ2n) is 3.57. The van der Waals surface area contributed by atoms with Crippen LogP contribution in [-0.4, -0.2) is 25.7 Å². The highest BCUT2D eigenvalue weighted by molar-refractivity contribution is 7.90. The molecule has 0 spiro atoms. The third kappa shape index (κ3) is 3.48. The van der Waals surface area contributed by atoms with E-state index in [1.807, 2.05) is 0 Å². The van der Waals surface area contributed by atoms with Gasteiger partial charge in [0.05, 0.1) is 4.90 Å². The second kappa shape index (κ2) is 4.40. The van der Waals surface area contributed by atoms with Gasteiger partial charge in [-0.1, -0.05) is 12.1 Å². The van der Waals surface area contributed by atoms with Crippen LogP contribution in [-0.2, 0) is 20.6 Å². The van der Waals surface area contributed by atoms with Gasteiger partial charge in [-0.2, -0.15) is 0 Å². The van der Waals surface area contributed by atoms with E-state index in [0.717, 1.165) is 30.5 Å². The Hall–Kier alpha value is -1.50. The number of halogens is 2. The van der Waals surface area contributed by atoms with Crippen molar-refractivity contribution in [2.24, 2.45) is 0 Å². The van der Waals surface area contributed by atoms with Crippen molar-refractivity contribution < 1.29 is 27.1 Å². The first-order chi connectivity index (χ1) is 7.63. The van der Waals surface area contributed by atoms with E-state index in [1.165, 1.54) is 0 Å². The van der Waals surface area contributed by atoms with E-state index in [2.05, 4.69) is 0 Å². The first-order valence-corrected chi connectivity index (χ1v) is 6.42. The fourth-order valence-electron chi connectivity index (χ4n) is 1.24. The van der Waals surface area contributed by atoms with Crippen LogP contribution in [0.5, 0.6) is 0 Å². The Balaban J connectivity index is 3.07. The molecule has 7 heteroatoms. The van der Waals surface area contributed by atoms with Crippen LogP contribution in [0.4, 0.5) is 8.78 Å². The van der Waals surface area contributed by atoms with Crippen molar-refractivity contribution in [3.8, 4) is 0 Å². The lowest BCUT2D eigenvalue weighted by atomic mass is 10.1. The zero-order valence-electron chi connectivity index (χ0n) is 8.85. The van der Waals surface area contributed by atoms with Gasteiger partial charge in [-0.15, -0.1) is 0 Å². The quantitative estimate of drug-likeness (QED) is 0.897. The molecule has 1 rings (SSSR count). The highest BCUT2D eigenvalue weighted by Gasteiger charge is 2.34. The molecule has 0 aliphatic heterocycles. The fraction of sp³-hybridized carbons (Fsp3) is 0.300. The summed E-state index contributed by atoms with van der Waals surface area (Å²) in [5.74, 6) is -5.14. The van der Waals surface area contributed by atoms with E-state index in [1.54, 1.807) is 0 Å². The normalized spacial score (nSPS) is 12.4. The maximum atomic E-state index is 13.3. The summed E-state index contributed by atoms with van der Waals surface area (Å²) in [5.41, 5.74) is -0.521. The second-order valence-corrected chi connectivity index (χ2v) is 5.59. The van der Waals surface area contributed by atoms with E-state index in [0.29, 0.717) is 0 Å². The van der Waals surface area contributed by atoms with E-state index in [-0.39, 0.29) is 4.90 Å². The van der Waals surface area contributed by atoms with Crippen LogP contribution in [0, 0.1) is 0 Å². The Morgan fingerprint density at radius 3 is 2.12 bits per heavy atom. The minimum atomic E-state index is -3.51. The SMILES string of the molecule is CS(=O)(=O)c1ccc(C(F)(F)CC(=O)O)cc1. The molecule has 0 aliphatic rings. The number of hydrogen-bond donors (Lipinski definition) is 1. The molecule has 0 bridgehead atoms. The largest absolute Gasteiger partial charge is 0.481 e. The number of rotatable bonds is 4. The lowest BCUT2D eigenvalue weighted by molar-refractivity contribution is -0.145. The molecule has 0 saturated carbocycles.